The molecule has 0 spiro atoms. The summed E-state index contributed by atoms with van der Waals surface area (Å²) in [7, 11) is 0. The van der Waals surface area contributed by atoms with Gasteiger partial charge in [-0.1, -0.05) is 30.3 Å². The third-order valence-electron chi connectivity index (χ3n) is 4.40. The molecule has 6 nitrogen and oxygen atoms in total. The molecule has 2 aromatic carbocycles. The number of nitrogens with zero attached hydrogens (tertiary/aromatic N) is 1. The summed E-state index contributed by atoms with van der Waals surface area (Å²) >= 11 is 0. The van der Waals surface area contributed by atoms with Gasteiger partial charge in [0.05, 0.1) is 0 Å². The largest absolute Gasteiger partial charge is 0.480 e. The van der Waals surface area contributed by atoms with Crippen LogP contribution in [0.15, 0.2) is 54.6 Å². The van der Waals surface area contributed by atoms with Crippen molar-refractivity contribution in [3.05, 3.63) is 65.7 Å². The van der Waals surface area contributed by atoms with E-state index >= 15 is 0 Å². The molecule has 134 valence electrons. The predicted molar refractivity (Wildman–Crippen MR) is 97.1 cm³/mol. The van der Waals surface area contributed by atoms with Crippen LogP contribution >= 0.6 is 0 Å². The SMILES string of the molecule is O=C(N[C@H](Cc1ccccc1)C(=O)O)c1ccc(N2CCCC2=O)cc1. The molecule has 1 aliphatic rings. The van der Waals surface area contributed by atoms with Crippen molar-refractivity contribution in [2.24, 2.45) is 0 Å². The first kappa shape index (κ1) is 17.7. The highest BCUT2D eigenvalue weighted by Crippen LogP contribution is 2.21. The van der Waals surface area contributed by atoms with Gasteiger partial charge in [0.15, 0.2) is 0 Å². The second kappa shape index (κ2) is 7.82. The van der Waals surface area contributed by atoms with Crippen LogP contribution in [0.2, 0.25) is 0 Å². The van der Waals surface area contributed by atoms with Crippen molar-refractivity contribution in [1.82, 2.24) is 5.32 Å². The molecule has 0 aliphatic carbocycles. The fourth-order valence-electron chi connectivity index (χ4n) is 3.01. The summed E-state index contributed by atoms with van der Waals surface area (Å²) in [6.07, 6.45) is 1.59. The van der Waals surface area contributed by atoms with E-state index in [1.165, 1.54) is 0 Å². The zero-order chi connectivity index (χ0) is 18.5. The molecule has 2 N–H and O–H groups in total. The van der Waals surface area contributed by atoms with Crippen LogP contribution in [-0.2, 0) is 16.0 Å². The second-order valence-corrected chi connectivity index (χ2v) is 6.25. The maximum atomic E-state index is 12.4. The fourth-order valence-corrected chi connectivity index (χ4v) is 3.01. The summed E-state index contributed by atoms with van der Waals surface area (Å²) in [6, 6.07) is 14.8. The summed E-state index contributed by atoms with van der Waals surface area (Å²) in [5.41, 5.74) is 1.95. The van der Waals surface area contributed by atoms with Crippen LogP contribution in [0, 0.1) is 0 Å². The van der Waals surface area contributed by atoms with E-state index < -0.39 is 17.9 Å². The van der Waals surface area contributed by atoms with Crippen LogP contribution in [0.4, 0.5) is 5.69 Å². The lowest BCUT2D eigenvalue weighted by molar-refractivity contribution is -0.139. The maximum absolute atomic E-state index is 12.4. The minimum absolute atomic E-state index is 0.0796. The Balaban J connectivity index is 1.67. The number of carbonyl (C=O) groups excluding carboxylic acids is 2. The van der Waals surface area contributed by atoms with Gasteiger partial charge in [-0.15, -0.1) is 0 Å². The normalized spacial score (nSPS) is 14.9. The molecule has 0 radical (unpaired) electrons. The number of carboxylic acids is 1. The molecule has 1 atom stereocenters. The highest BCUT2D eigenvalue weighted by atomic mass is 16.4. The van der Waals surface area contributed by atoms with Gasteiger partial charge in [0, 0.05) is 30.6 Å². The maximum Gasteiger partial charge on any atom is 0.326 e. The number of hydrogen-bond acceptors (Lipinski definition) is 3. The fraction of sp³-hybridized carbons (Fsp3) is 0.250. The van der Waals surface area contributed by atoms with Crippen LogP contribution < -0.4 is 10.2 Å². The molecule has 0 unspecified atom stereocenters. The van der Waals surface area contributed by atoms with Gasteiger partial charge in [-0.25, -0.2) is 4.79 Å². The number of benzene rings is 2. The highest BCUT2D eigenvalue weighted by Gasteiger charge is 2.23. The molecule has 3 rings (SSSR count). The monoisotopic (exact) mass is 352 g/mol. The lowest BCUT2D eigenvalue weighted by Crippen LogP contribution is -2.42. The average molecular weight is 352 g/mol. The molecule has 0 bridgehead atoms. The Hall–Kier alpha value is -3.15. The topological polar surface area (TPSA) is 86.7 Å². The van der Waals surface area contributed by atoms with Gasteiger partial charge in [-0.2, -0.15) is 0 Å². The van der Waals surface area contributed by atoms with Crippen LogP contribution in [0.5, 0.6) is 0 Å². The first-order valence-corrected chi connectivity index (χ1v) is 8.52. The Kier molecular flexibility index (Phi) is 5.31. The van der Waals surface area contributed by atoms with E-state index in [2.05, 4.69) is 5.32 Å². The van der Waals surface area contributed by atoms with E-state index in [4.69, 9.17) is 0 Å². The van der Waals surface area contributed by atoms with Crippen molar-refractivity contribution < 1.29 is 19.5 Å². The molecule has 1 fully saturated rings. The molecule has 26 heavy (non-hydrogen) atoms. The van der Waals surface area contributed by atoms with E-state index in [1.807, 2.05) is 30.3 Å². The van der Waals surface area contributed by atoms with Gasteiger partial charge in [-0.05, 0) is 36.2 Å². The first-order chi connectivity index (χ1) is 12.5. The zero-order valence-electron chi connectivity index (χ0n) is 14.2. The number of hydrogen-bond donors (Lipinski definition) is 2. The molecule has 1 saturated heterocycles. The lowest BCUT2D eigenvalue weighted by atomic mass is 10.1. The third kappa shape index (κ3) is 4.08. The van der Waals surface area contributed by atoms with E-state index in [0.29, 0.717) is 18.5 Å². The van der Waals surface area contributed by atoms with Crippen molar-refractivity contribution >= 4 is 23.5 Å². The number of aliphatic carboxylic acids is 1. The Labute approximate surface area is 151 Å². The number of rotatable bonds is 6. The van der Waals surface area contributed by atoms with Crippen molar-refractivity contribution in [3.8, 4) is 0 Å². The lowest BCUT2D eigenvalue weighted by Gasteiger charge is -2.17. The Morgan fingerprint density at radius 2 is 1.77 bits per heavy atom. The Bertz CT molecular complexity index is 802. The Morgan fingerprint density at radius 3 is 2.35 bits per heavy atom. The number of carboxylic acid groups (broad SMARTS) is 1. The predicted octanol–water partition coefficient (Wildman–Crippen LogP) is 2.24. The number of anilines is 1. The second-order valence-electron chi connectivity index (χ2n) is 6.25. The van der Waals surface area contributed by atoms with Gasteiger partial charge in [0.2, 0.25) is 5.91 Å². The van der Waals surface area contributed by atoms with Gasteiger partial charge in [-0.3, -0.25) is 9.59 Å². The van der Waals surface area contributed by atoms with Crippen molar-refractivity contribution in [2.75, 3.05) is 11.4 Å². The van der Waals surface area contributed by atoms with Gasteiger partial charge in [0.25, 0.3) is 5.91 Å². The number of nitrogens with one attached hydrogen (secondary N) is 1. The van der Waals surface area contributed by atoms with Gasteiger partial charge >= 0.3 is 5.97 Å². The van der Waals surface area contributed by atoms with Crippen LogP contribution in [0.25, 0.3) is 0 Å². The Morgan fingerprint density at radius 1 is 1.08 bits per heavy atom. The molecule has 1 heterocycles. The van der Waals surface area contributed by atoms with E-state index in [1.54, 1.807) is 29.2 Å². The molecule has 0 saturated carbocycles. The van der Waals surface area contributed by atoms with Crippen LogP contribution in [0.3, 0.4) is 0 Å². The molecule has 2 amide bonds. The molecule has 2 aromatic rings. The summed E-state index contributed by atoms with van der Waals surface area (Å²) in [5, 5.41) is 11.9. The summed E-state index contributed by atoms with van der Waals surface area (Å²) < 4.78 is 0. The number of carbonyl (C=O) groups is 3. The minimum Gasteiger partial charge on any atom is -0.480 e. The minimum atomic E-state index is -1.08. The highest BCUT2D eigenvalue weighted by molar-refractivity contribution is 5.98. The summed E-state index contributed by atoms with van der Waals surface area (Å²) in [5.74, 6) is -1.45. The van der Waals surface area contributed by atoms with Crippen molar-refractivity contribution in [2.45, 2.75) is 25.3 Å². The van der Waals surface area contributed by atoms with Crippen LogP contribution in [0.1, 0.15) is 28.8 Å². The van der Waals surface area contributed by atoms with Crippen LogP contribution in [-0.4, -0.2) is 35.5 Å². The van der Waals surface area contributed by atoms with Gasteiger partial charge in [0.1, 0.15) is 6.04 Å². The standard InChI is InChI=1S/C20H20N2O4/c23-18-7-4-12-22(18)16-10-8-15(9-11-16)19(24)21-17(20(25)26)13-14-5-2-1-3-6-14/h1-3,5-6,8-11,17H,4,7,12-13H2,(H,21,24)(H,25,26)/t17-/m1/s1. The van der Waals surface area contributed by atoms with Crippen molar-refractivity contribution in [1.29, 1.82) is 0 Å². The summed E-state index contributed by atoms with van der Waals surface area (Å²) in [6.45, 7) is 0.683. The van der Waals surface area contributed by atoms with E-state index in [9.17, 15) is 19.5 Å². The summed E-state index contributed by atoms with van der Waals surface area (Å²) in [4.78, 5) is 37.3. The molecule has 1 aliphatic heterocycles. The van der Waals surface area contributed by atoms with Crippen molar-refractivity contribution in [3.63, 3.8) is 0 Å². The zero-order valence-corrected chi connectivity index (χ0v) is 14.2. The molecule has 0 aromatic heterocycles. The van der Waals surface area contributed by atoms with Gasteiger partial charge < -0.3 is 15.3 Å². The smallest absolute Gasteiger partial charge is 0.326 e. The number of amides is 2. The molecular weight excluding hydrogens is 332 g/mol. The average Bonchev–Trinajstić information content (AvgIpc) is 3.08. The van der Waals surface area contributed by atoms with E-state index in [0.717, 1.165) is 17.7 Å². The van der Waals surface area contributed by atoms with E-state index in [-0.39, 0.29) is 12.3 Å². The molecule has 6 heteroatoms. The first-order valence-electron chi connectivity index (χ1n) is 8.52. The molecular formula is C20H20N2O4. The quantitative estimate of drug-likeness (QED) is 0.835. The third-order valence-corrected chi connectivity index (χ3v) is 4.40.